The molecule has 168 valence electrons. The van der Waals surface area contributed by atoms with Crippen LogP contribution in [0.1, 0.15) is 5.56 Å². The van der Waals surface area contributed by atoms with Gasteiger partial charge in [-0.05, 0) is 42.0 Å². The van der Waals surface area contributed by atoms with E-state index >= 15 is 0 Å². The van der Waals surface area contributed by atoms with Gasteiger partial charge in [-0.15, -0.1) is 6.58 Å². The van der Waals surface area contributed by atoms with Crippen LogP contribution < -0.4 is 15.5 Å². The Morgan fingerprint density at radius 3 is 2.06 bits per heavy atom. The molecule has 0 aliphatic rings. The summed E-state index contributed by atoms with van der Waals surface area (Å²) in [5, 5.41) is 3.95. The topological polar surface area (TPSA) is 97.3 Å². The summed E-state index contributed by atoms with van der Waals surface area (Å²) in [6.07, 6.45) is 1.48. The fourth-order valence-corrected chi connectivity index (χ4v) is 4.84. The van der Waals surface area contributed by atoms with Crippen molar-refractivity contribution < 1.29 is 13.2 Å². The molecule has 1 amide bonds. The van der Waals surface area contributed by atoms with E-state index in [4.69, 9.17) is 0 Å². The smallest absolute Gasteiger partial charge is 0.244 e. The molecule has 0 saturated carbocycles. The van der Waals surface area contributed by atoms with Crippen molar-refractivity contribution in [2.45, 2.75) is 12.3 Å². The first-order valence-electron chi connectivity index (χ1n) is 10.4. The maximum absolute atomic E-state index is 12.9. The molecule has 0 aliphatic heterocycles. The second kappa shape index (κ2) is 9.40. The summed E-state index contributed by atoms with van der Waals surface area (Å²) in [5.41, 5.74) is 2.45. The quantitative estimate of drug-likeness (QED) is 0.310. The normalized spacial score (nSPS) is 11.5. The van der Waals surface area contributed by atoms with E-state index in [2.05, 4.69) is 16.6 Å². The van der Waals surface area contributed by atoms with Crippen LogP contribution >= 0.6 is 0 Å². The molecule has 7 nitrogen and oxygen atoms in total. The molecule has 0 saturated heterocycles. The number of aromatic nitrogens is 1. The third-order valence-electron chi connectivity index (χ3n) is 5.22. The lowest BCUT2D eigenvalue weighted by Crippen LogP contribution is -2.25. The second-order valence-corrected chi connectivity index (χ2v) is 9.40. The van der Waals surface area contributed by atoms with E-state index < -0.39 is 10.0 Å². The van der Waals surface area contributed by atoms with Crippen molar-refractivity contribution in [2.24, 2.45) is 0 Å². The maximum atomic E-state index is 12.9. The van der Waals surface area contributed by atoms with Crippen LogP contribution in [0, 0.1) is 0 Å². The van der Waals surface area contributed by atoms with Crippen molar-refractivity contribution in [2.75, 3.05) is 11.9 Å². The third kappa shape index (κ3) is 5.02. The largest absolute Gasteiger partial charge is 0.331 e. The lowest BCUT2D eigenvalue weighted by atomic mass is 10.1. The second-order valence-electron chi connectivity index (χ2n) is 7.59. The van der Waals surface area contributed by atoms with Crippen molar-refractivity contribution in [3.05, 3.63) is 101 Å². The average molecular weight is 462 g/mol. The highest BCUT2D eigenvalue weighted by Crippen LogP contribution is 2.19. The fourth-order valence-electron chi connectivity index (χ4n) is 3.73. The molecule has 1 aromatic heterocycles. The Balaban J connectivity index is 1.55. The van der Waals surface area contributed by atoms with Gasteiger partial charge in [-0.2, -0.15) is 0 Å². The minimum atomic E-state index is -3.46. The Kier molecular flexibility index (Phi) is 6.39. The molecule has 1 heterocycles. The van der Waals surface area contributed by atoms with Crippen molar-refractivity contribution in [1.29, 1.82) is 0 Å². The average Bonchev–Trinajstić information content (AvgIpc) is 2.81. The number of nitrogens with one attached hydrogen (secondary N) is 2. The number of hydrogen-bond acceptors (Lipinski definition) is 4. The summed E-state index contributed by atoms with van der Waals surface area (Å²) in [7, 11) is -3.46. The van der Waals surface area contributed by atoms with Gasteiger partial charge in [0.1, 0.15) is 6.54 Å². The summed E-state index contributed by atoms with van der Waals surface area (Å²) in [5.74, 6) is -0.424. The molecule has 8 heteroatoms. The standard InChI is InChI=1S/C25H23N3O4S/c1-2-15-26-33(31,32)17-18-11-13-19(14-12-18)27-24(29)16-28-22-9-5-3-7-20(22)25(30)21-8-4-6-10-23(21)28/h2-14,26H,1,15-17H2,(H,27,29). The summed E-state index contributed by atoms with van der Waals surface area (Å²) < 4.78 is 28.3. The number of hydrogen-bond donors (Lipinski definition) is 2. The lowest BCUT2D eigenvalue weighted by molar-refractivity contribution is -0.116. The first-order valence-corrected chi connectivity index (χ1v) is 12.0. The zero-order chi connectivity index (χ0) is 23.4. The van der Waals surface area contributed by atoms with Gasteiger partial charge in [0.05, 0.1) is 16.8 Å². The third-order valence-corrected chi connectivity index (χ3v) is 6.54. The maximum Gasteiger partial charge on any atom is 0.244 e. The minimum Gasteiger partial charge on any atom is -0.331 e. The van der Waals surface area contributed by atoms with Crippen LogP contribution in [0.3, 0.4) is 0 Å². The molecule has 3 aromatic carbocycles. The Bertz CT molecular complexity index is 1450. The van der Waals surface area contributed by atoms with Gasteiger partial charge in [-0.25, -0.2) is 13.1 Å². The van der Waals surface area contributed by atoms with Crippen LogP contribution in [0.4, 0.5) is 5.69 Å². The molecule has 0 spiro atoms. The van der Waals surface area contributed by atoms with Crippen molar-refractivity contribution in [3.63, 3.8) is 0 Å². The van der Waals surface area contributed by atoms with Gasteiger partial charge in [0.15, 0.2) is 5.43 Å². The fraction of sp³-hybridized carbons (Fsp3) is 0.120. The van der Waals surface area contributed by atoms with E-state index in [0.717, 1.165) is 0 Å². The molecular formula is C25H23N3O4S. The number of rotatable bonds is 8. The minimum absolute atomic E-state index is 0.0168. The Morgan fingerprint density at radius 1 is 0.909 bits per heavy atom. The van der Waals surface area contributed by atoms with Gasteiger partial charge >= 0.3 is 0 Å². The number of sulfonamides is 1. The van der Waals surface area contributed by atoms with Crippen molar-refractivity contribution in [3.8, 4) is 0 Å². The summed E-state index contributed by atoms with van der Waals surface area (Å²) in [4.78, 5) is 25.7. The molecule has 0 bridgehead atoms. The molecule has 0 unspecified atom stereocenters. The van der Waals surface area contributed by atoms with Crippen LogP contribution in [0.2, 0.25) is 0 Å². The zero-order valence-corrected chi connectivity index (χ0v) is 18.6. The van der Waals surface area contributed by atoms with Crippen LogP contribution in [0.25, 0.3) is 21.8 Å². The van der Waals surface area contributed by atoms with E-state index in [0.29, 0.717) is 33.1 Å². The highest BCUT2D eigenvalue weighted by atomic mass is 32.2. The number of para-hydroxylation sites is 2. The molecule has 4 rings (SSSR count). The summed E-state index contributed by atoms with van der Waals surface area (Å²) >= 11 is 0. The number of anilines is 1. The SMILES string of the molecule is C=CCNS(=O)(=O)Cc1ccc(NC(=O)Cn2c3ccccc3c(=O)c3ccccc32)cc1. The van der Waals surface area contributed by atoms with Crippen LogP contribution in [0.5, 0.6) is 0 Å². The first-order chi connectivity index (χ1) is 15.9. The predicted molar refractivity (Wildman–Crippen MR) is 132 cm³/mol. The Labute approximate surface area is 191 Å². The van der Waals surface area contributed by atoms with Crippen LogP contribution in [-0.4, -0.2) is 25.4 Å². The van der Waals surface area contributed by atoms with E-state index in [1.165, 1.54) is 6.08 Å². The number of carbonyl (C=O) groups is 1. The highest BCUT2D eigenvalue weighted by molar-refractivity contribution is 7.88. The molecule has 0 aliphatic carbocycles. The number of fused-ring (bicyclic) bond motifs is 2. The Morgan fingerprint density at radius 2 is 1.48 bits per heavy atom. The number of carbonyl (C=O) groups excluding carboxylic acids is 1. The highest BCUT2D eigenvalue weighted by Gasteiger charge is 2.14. The van der Waals surface area contributed by atoms with Crippen LogP contribution in [-0.2, 0) is 27.1 Å². The molecule has 0 radical (unpaired) electrons. The summed E-state index contributed by atoms with van der Waals surface area (Å²) in [6, 6.07) is 21.1. The van der Waals surface area contributed by atoms with E-state index in [-0.39, 0.29) is 30.2 Å². The van der Waals surface area contributed by atoms with Gasteiger partial charge in [0, 0.05) is 23.0 Å². The first kappa shape index (κ1) is 22.4. The van der Waals surface area contributed by atoms with E-state index in [9.17, 15) is 18.0 Å². The van der Waals surface area contributed by atoms with Gasteiger partial charge in [-0.3, -0.25) is 9.59 Å². The number of benzene rings is 3. The molecule has 0 fully saturated rings. The zero-order valence-electron chi connectivity index (χ0n) is 17.8. The van der Waals surface area contributed by atoms with E-state index in [1.54, 1.807) is 48.5 Å². The predicted octanol–water partition coefficient (Wildman–Crippen LogP) is 3.40. The molecule has 0 atom stereocenters. The monoisotopic (exact) mass is 461 g/mol. The van der Waals surface area contributed by atoms with Gasteiger partial charge in [-0.1, -0.05) is 42.5 Å². The lowest BCUT2D eigenvalue weighted by Gasteiger charge is -2.15. The van der Waals surface area contributed by atoms with Gasteiger partial charge < -0.3 is 9.88 Å². The molecule has 4 aromatic rings. The molecule has 2 N–H and O–H groups in total. The molecule has 33 heavy (non-hydrogen) atoms. The number of pyridine rings is 1. The Hall–Kier alpha value is -3.75. The van der Waals surface area contributed by atoms with Crippen LogP contribution in [0.15, 0.2) is 90.2 Å². The number of amides is 1. The van der Waals surface area contributed by atoms with Gasteiger partial charge in [0.2, 0.25) is 15.9 Å². The van der Waals surface area contributed by atoms with Gasteiger partial charge in [0.25, 0.3) is 0 Å². The van der Waals surface area contributed by atoms with Crippen molar-refractivity contribution in [1.82, 2.24) is 9.29 Å². The molecular weight excluding hydrogens is 438 g/mol. The van der Waals surface area contributed by atoms with E-state index in [1.807, 2.05) is 28.8 Å². The summed E-state index contributed by atoms with van der Waals surface area (Å²) in [6.45, 7) is 3.68. The van der Waals surface area contributed by atoms with Crippen molar-refractivity contribution >= 4 is 43.4 Å². The number of nitrogens with zero attached hydrogens (tertiary/aromatic N) is 1.